The highest BCUT2D eigenvalue weighted by Gasteiger charge is 2.53. The number of likely N-dealkylation sites (N-methyl/N-ethyl adjacent to an activating group) is 1. The van der Waals surface area contributed by atoms with Crippen molar-refractivity contribution < 1.29 is 52.1 Å². The third-order valence-corrected chi connectivity index (χ3v) is 15.9. The molecule has 376 valence electrons. The van der Waals surface area contributed by atoms with Crippen molar-refractivity contribution in [3.05, 3.63) is 71.5 Å². The summed E-state index contributed by atoms with van der Waals surface area (Å²) in [6.07, 6.45) is 5.08. The van der Waals surface area contributed by atoms with Crippen LogP contribution in [0.1, 0.15) is 70.6 Å². The van der Waals surface area contributed by atoms with E-state index in [4.69, 9.17) is 9.47 Å². The van der Waals surface area contributed by atoms with Gasteiger partial charge in [0.2, 0.25) is 11.8 Å². The fraction of sp³-hybridized carbons (Fsp3) is 0.520. The second-order valence-electron chi connectivity index (χ2n) is 20.1. The van der Waals surface area contributed by atoms with Crippen molar-refractivity contribution in [1.29, 1.82) is 0 Å². The summed E-state index contributed by atoms with van der Waals surface area (Å²) in [6, 6.07) is 8.83. The van der Waals surface area contributed by atoms with Crippen LogP contribution in [0.15, 0.2) is 54.9 Å². The summed E-state index contributed by atoms with van der Waals surface area (Å²) in [5.41, 5.74) is 9.40. The first kappa shape index (κ1) is 50.5. The molecule has 20 heteroatoms. The summed E-state index contributed by atoms with van der Waals surface area (Å²) in [5.74, 6) is -4.72. The van der Waals surface area contributed by atoms with Crippen LogP contribution >= 0.6 is 0 Å². The summed E-state index contributed by atoms with van der Waals surface area (Å²) < 4.78 is 42.3. The van der Waals surface area contributed by atoms with Gasteiger partial charge in [-0.3, -0.25) is 34.0 Å². The Kier molecular flexibility index (Phi) is 14.5. The van der Waals surface area contributed by atoms with Crippen molar-refractivity contribution in [3.8, 4) is 28.1 Å². The maximum absolute atomic E-state index is 14.8. The first-order valence-electron chi connectivity index (χ1n) is 23.9. The average molecular weight is 985 g/mol. The van der Waals surface area contributed by atoms with Crippen LogP contribution in [0.5, 0.6) is 5.75 Å². The number of aromatic hydroxyl groups is 1. The maximum Gasteiger partial charge on any atom is 0.324 e. The Morgan fingerprint density at radius 1 is 1.06 bits per heavy atom. The molecule has 0 spiro atoms. The number of carboxylic acid groups (broad SMARTS) is 1. The molecule has 4 aromatic rings. The van der Waals surface area contributed by atoms with Gasteiger partial charge in [0.15, 0.2) is 0 Å². The number of nitrogens with one attached hydrogen (secondary N) is 2. The van der Waals surface area contributed by atoms with Crippen molar-refractivity contribution in [1.82, 2.24) is 38.8 Å². The molecule has 2 aromatic carbocycles. The Balaban J connectivity index is 1.14. The van der Waals surface area contributed by atoms with E-state index in [9.17, 15) is 42.6 Å². The average Bonchev–Trinajstić information content (AvgIpc) is 3.91. The van der Waals surface area contributed by atoms with E-state index in [1.54, 1.807) is 39.3 Å². The summed E-state index contributed by atoms with van der Waals surface area (Å²) in [5, 5.41) is 25.9. The van der Waals surface area contributed by atoms with E-state index in [-0.39, 0.29) is 51.4 Å². The minimum Gasteiger partial charge on any atom is -0.508 e. The smallest absolute Gasteiger partial charge is 0.324 e. The summed E-state index contributed by atoms with van der Waals surface area (Å²) >= 11 is 0. The van der Waals surface area contributed by atoms with Crippen LogP contribution in [0.25, 0.3) is 33.3 Å². The van der Waals surface area contributed by atoms with E-state index in [0.29, 0.717) is 43.5 Å². The molecule has 8 rings (SSSR count). The molecule has 0 saturated carbocycles. The zero-order valence-corrected chi connectivity index (χ0v) is 41.6. The van der Waals surface area contributed by atoms with Gasteiger partial charge in [0.1, 0.15) is 29.9 Å². The number of cyclic esters (lactones) is 1. The van der Waals surface area contributed by atoms with Gasteiger partial charge < -0.3 is 34.5 Å². The lowest BCUT2D eigenvalue weighted by molar-refractivity contribution is -0.155. The summed E-state index contributed by atoms with van der Waals surface area (Å²) in [4.78, 5) is 74.6. The van der Waals surface area contributed by atoms with Gasteiger partial charge in [-0.2, -0.15) is 17.0 Å². The molecule has 3 saturated heterocycles. The van der Waals surface area contributed by atoms with Gasteiger partial charge >= 0.3 is 11.9 Å². The number of phenolic OH excluding ortho intramolecular Hbond substituents is 1. The number of fused-ring (bicyclic) bond motifs is 6. The molecule has 2 aromatic heterocycles. The number of benzene rings is 2. The lowest BCUT2D eigenvalue weighted by atomic mass is 9.84. The maximum atomic E-state index is 14.8. The number of aromatic nitrogens is 2. The second-order valence-corrected chi connectivity index (χ2v) is 22.0. The lowest BCUT2D eigenvalue weighted by Gasteiger charge is -2.37. The molecule has 1 unspecified atom stereocenters. The van der Waals surface area contributed by atoms with Crippen LogP contribution in [0.3, 0.4) is 0 Å². The van der Waals surface area contributed by atoms with Gasteiger partial charge in [-0.1, -0.05) is 39.8 Å². The standard InChI is InChI=1S/C50H64N8O11S/c1-8-56-41-12-11-31-22-36(41)37(44(56)38-24-51-15-13-33(38)27-68-7)23-50(4,5)28-69-49(65)39-10-9-16-57(53-39)47(62)40(20-30-18-34(31)21-35(59)19-30)52-45(60)43(29(2)3)54(6)46(61)32-14-17-55(25-32)70(66,67)58-26-42(58)48(63)64/h11-13,15,18-19,21-22,24,29,32,39-40,42-43,53,59H,8-10,14,16-17,20,23,25-28H2,1-7H3,(H,52,60)(H,63,64)/t32-,39-,40-,42-,43-,58?/m0/s1. The van der Waals surface area contributed by atoms with E-state index >= 15 is 0 Å². The fourth-order valence-corrected chi connectivity index (χ4v) is 12.1. The predicted molar refractivity (Wildman–Crippen MR) is 259 cm³/mol. The molecule has 3 amide bonds. The number of nitrogens with zero attached hydrogens (tertiary/aromatic N) is 6. The number of hydrazine groups is 1. The molecular formula is C50H64N8O11S. The number of aliphatic carboxylic acids is 1. The van der Waals surface area contributed by atoms with Crippen molar-refractivity contribution in [2.45, 2.75) is 104 Å². The number of hydrogen-bond donors (Lipinski definition) is 4. The number of carbonyl (C=O) groups is 5. The van der Waals surface area contributed by atoms with Crippen LogP contribution in [0, 0.1) is 17.3 Å². The number of esters is 1. The van der Waals surface area contributed by atoms with Crippen LogP contribution in [0.2, 0.25) is 0 Å². The zero-order valence-electron chi connectivity index (χ0n) is 40.8. The predicted octanol–water partition coefficient (Wildman–Crippen LogP) is 3.71. The number of amides is 3. The molecule has 4 aliphatic heterocycles. The first-order chi connectivity index (χ1) is 33.2. The number of aryl methyl sites for hydroxylation is 1. The molecule has 4 aliphatic rings. The van der Waals surface area contributed by atoms with Crippen LogP contribution < -0.4 is 10.7 Å². The fourth-order valence-electron chi connectivity index (χ4n) is 10.4. The SMILES string of the molecule is CCn1c(-c2cnccc2COC)c2c3cc(ccc31)-c1cc(O)cc(c1)C[C@H](NC(=O)[C@H](C(C)C)N(C)C(=O)[C@H]1CCN(S(=O)(=O)N3C[C@H]3C(=O)O)C1)C(=O)N1CCC[C@H](N1)C(=O)OCC(C)(C)C2. The summed E-state index contributed by atoms with van der Waals surface area (Å²) in [6.45, 7) is 10.7. The van der Waals surface area contributed by atoms with Crippen LogP contribution in [-0.2, 0) is 69.6 Å². The highest BCUT2D eigenvalue weighted by atomic mass is 32.2. The number of ether oxygens (including phenoxy) is 2. The van der Waals surface area contributed by atoms with Crippen molar-refractivity contribution in [2.75, 3.05) is 46.9 Å². The van der Waals surface area contributed by atoms with E-state index in [1.807, 2.05) is 38.2 Å². The molecule has 6 bridgehead atoms. The number of carboxylic acids is 1. The molecular weight excluding hydrogens is 921 g/mol. The lowest BCUT2D eigenvalue weighted by Crippen LogP contribution is -2.62. The van der Waals surface area contributed by atoms with E-state index in [2.05, 4.69) is 39.4 Å². The van der Waals surface area contributed by atoms with Gasteiger partial charge in [0, 0.05) is 87.6 Å². The topological polar surface area (TPSA) is 233 Å². The van der Waals surface area contributed by atoms with Gasteiger partial charge in [0.05, 0.1) is 24.8 Å². The molecule has 0 aliphatic carbocycles. The highest BCUT2D eigenvalue weighted by molar-refractivity contribution is 7.87. The van der Waals surface area contributed by atoms with Crippen molar-refractivity contribution in [3.63, 3.8) is 0 Å². The minimum atomic E-state index is -4.10. The molecule has 6 heterocycles. The van der Waals surface area contributed by atoms with Crippen molar-refractivity contribution >= 4 is 50.8 Å². The number of carbonyl (C=O) groups excluding carboxylic acids is 4. The van der Waals surface area contributed by atoms with Crippen LogP contribution in [0.4, 0.5) is 0 Å². The third-order valence-electron chi connectivity index (χ3n) is 14.0. The zero-order chi connectivity index (χ0) is 50.4. The van der Waals surface area contributed by atoms with E-state index in [1.165, 1.54) is 17.0 Å². The van der Waals surface area contributed by atoms with Crippen LogP contribution in [-0.4, -0.2) is 147 Å². The Hall–Kier alpha value is -5.93. The normalized spacial score (nSPS) is 23.4. The number of hydrogen-bond acceptors (Lipinski definition) is 12. The number of phenols is 1. The van der Waals surface area contributed by atoms with Gasteiger partial charge in [-0.05, 0) is 96.7 Å². The monoisotopic (exact) mass is 984 g/mol. The second kappa shape index (κ2) is 20.1. The molecule has 19 nitrogen and oxygen atoms in total. The molecule has 4 N–H and O–H groups in total. The van der Waals surface area contributed by atoms with Gasteiger partial charge in [-0.25, -0.2) is 5.43 Å². The number of methoxy groups -OCH3 is 1. The van der Waals surface area contributed by atoms with E-state index < -0.39 is 81.3 Å². The quantitative estimate of drug-likeness (QED) is 0.117. The number of pyridine rings is 1. The Morgan fingerprint density at radius 3 is 2.53 bits per heavy atom. The number of rotatable bonds is 12. The largest absolute Gasteiger partial charge is 0.508 e. The third kappa shape index (κ3) is 10.1. The van der Waals surface area contributed by atoms with Gasteiger partial charge in [-0.15, -0.1) is 0 Å². The molecule has 6 atom stereocenters. The summed E-state index contributed by atoms with van der Waals surface area (Å²) in [7, 11) is -0.974. The van der Waals surface area contributed by atoms with Crippen molar-refractivity contribution in [2.24, 2.45) is 17.3 Å². The highest BCUT2D eigenvalue weighted by Crippen LogP contribution is 2.41. The Labute approximate surface area is 408 Å². The van der Waals surface area contributed by atoms with Gasteiger partial charge in [0.25, 0.3) is 16.1 Å². The van der Waals surface area contributed by atoms with E-state index in [0.717, 1.165) is 47.5 Å². The molecule has 0 radical (unpaired) electrons. The Morgan fingerprint density at radius 2 is 1.83 bits per heavy atom. The molecule has 3 fully saturated rings. The minimum absolute atomic E-state index is 0.00818. The Bertz CT molecular complexity index is 2810. The molecule has 70 heavy (non-hydrogen) atoms. The first-order valence-corrected chi connectivity index (χ1v) is 25.3.